The summed E-state index contributed by atoms with van der Waals surface area (Å²) < 4.78 is 1.92. The highest BCUT2D eigenvalue weighted by atomic mass is 16.2. The number of carbonyl (C=O) groups is 2. The molecule has 1 aliphatic carbocycles. The van der Waals surface area contributed by atoms with Crippen molar-refractivity contribution in [3.8, 4) is 0 Å². The zero-order chi connectivity index (χ0) is 17.3. The predicted octanol–water partition coefficient (Wildman–Crippen LogP) is 3.79. The van der Waals surface area contributed by atoms with Crippen LogP contribution >= 0.6 is 0 Å². The van der Waals surface area contributed by atoms with Crippen LogP contribution in [0.15, 0.2) is 12.3 Å². The maximum absolute atomic E-state index is 12.7. The largest absolute Gasteiger partial charge is 0.354 e. The summed E-state index contributed by atoms with van der Waals surface area (Å²) in [6, 6.07) is 2.17. The Labute approximate surface area is 141 Å². The SMILES string of the molecule is CC(=O)c1c(C)[nH]c(C(=O)Nc2ccnn2C2CCCCC2)c1C. The third-order valence-electron chi connectivity index (χ3n) is 4.85. The van der Waals surface area contributed by atoms with Crippen LogP contribution in [0.5, 0.6) is 0 Å². The van der Waals surface area contributed by atoms with E-state index >= 15 is 0 Å². The van der Waals surface area contributed by atoms with Crippen LogP contribution in [-0.4, -0.2) is 26.5 Å². The van der Waals surface area contributed by atoms with Crippen molar-refractivity contribution in [3.63, 3.8) is 0 Å². The van der Waals surface area contributed by atoms with Gasteiger partial charge in [-0.05, 0) is 39.2 Å². The summed E-state index contributed by atoms with van der Waals surface area (Å²) in [6.07, 6.45) is 7.59. The Kier molecular flexibility index (Phi) is 4.55. The summed E-state index contributed by atoms with van der Waals surface area (Å²) in [4.78, 5) is 27.4. The van der Waals surface area contributed by atoms with E-state index in [1.807, 2.05) is 17.7 Å². The monoisotopic (exact) mass is 328 g/mol. The van der Waals surface area contributed by atoms with Gasteiger partial charge in [0.05, 0.1) is 12.2 Å². The van der Waals surface area contributed by atoms with Gasteiger partial charge >= 0.3 is 0 Å². The lowest BCUT2D eigenvalue weighted by Crippen LogP contribution is -2.21. The van der Waals surface area contributed by atoms with Crippen LogP contribution in [-0.2, 0) is 0 Å². The van der Waals surface area contributed by atoms with Gasteiger partial charge in [-0.3, -0.25) is 9.59 Å². The van der Waals surface area contributed by atoms with Gasteiger partial charge in [-0.25, -0.2) is 4.68 Å². The number of amides is 1. The Balaban J connectivity index is 1.82. The molecule has 2 heterocycles. The maximum atomic E-state index is 12.7. The number of aromatic nitrogens is 3. The first-order valence-corrected chi connectivity index (χ1v) is 8.54. The van der Waals surface area contributed by atoms with Crippen molar-refractivity contribution in [2.75, 3.05) is 5.32 Å². The maximum Gasteiger partial charge on any atom is 0.273 e. The van der Waals surface area contributed by atoms with Crippen LogP contribution in [0.3, 0.4) is 0 Å². The summed E-state index contributed by atoms with van der Waals surface area (Å²) >= 11 is 0. The molecule has 1 amide bonds. The summed E-state index contributed by atoms with van der Waals surface area (Å²) in [6.45, 7) is 5.13. The van der Waals surface area contributed by atoms with Crippen LogP contribution in [0.4, 0.5) is 5.82 Å². The Morgan fingerprint density at radius 1 is 1.25 bits per heavy atom. The van der Waals surface area contributed by atoms with Crippen molar-refractivity contribution in [2.24, 2.45) is 0 Å². The number of H-pyrrole nitrogens is 1. The first kappa shape index (κ1) is 16.5. The van der Waals surface area contributed by atoms with Crippen LogP contribution < -0.4 is 5.32 Å². The standard InChI is InChI=1S/C18H24N4O2/c1-11-16(13(3)23)12(2)20-17(11)18(24)21-15-9-10-19-22(15)14-7-5-4-6-8-14/h9-10,14,20H,4-8H2,1-3H3,(H,21,24). The van der Waals surface area contributed by atoms with E-state index < -0.39 is 0 Å². The van der Waals surface area contributed by atoms with E-state index in [2.05, 4.69) is 15.4 Å². The van der Waals surface area contributed by atoms with Gasteiger partial charge in [-0.15, -0.1) is 0 Å². The summed E-state index contributed by atoms with van der Waals surface area (Å²) in [5.74, 6) is 0.441. The summed E-state index contributed by atoms with van der Waals surface area (Å²) in [5, 5.41) is 7.34. The van der Waals surface area contributed by atoms with Crippen LogP contribution in [0, 0.1) is 13.8 Å². The number of nitrogens with zero attached hydrogens (tertiary/aromatic N) is 2. The van der Waals surface area contributed by atoms with Crippen molar-refractivity contribution in [3.05, 3.63) is 34.8 Å². The van der Waals surface area contributed by atoms with Crippen molar-refractivity contribution in [1.82, 2.24) is 14.8 Å². The lowest BCUT2D eigenvalue weighted by Gasteiger charge is -2.23. The van der Waals surface area contributed by atoms with Gasteiger partial charge in [0, 0.05) is 17.3 Å². The van der Waals surface area contributed by atoms with E-state index in [0.717, 1.165) is 18.5 Å². The molecule has 0 aromatic carbocycles. The topological polar surface area (TPSA) is 79.8 Å². The van der Waals surface area contributed by atoms with Crippen LogP contribution in [0.1, 0.15) is 77.2 Å². The third-order valence-corrected chi connectivity index (χ3v) is 4.85. The zero-order valence-electron chi connectivity index (χ0n) is 14.5. The highest BCUT2D eigenvalue weighted by Gasteiger charge is 2.23. The second-order valence-electron chi connectivity index (χ2n) is 6.59. The van der Waals surface area contributed by atoms with Gasteiger partial charge in [-0.2, -0.15) is 5.10 Å². The van der Waals surface area contributed by atoms with E-state index in [1.54, 1.807) is 13.1 Å². The second-order valence-corrected chi connectivity index (χ2v) is 6.59. The zero-order valence-corrected chi connectivity index (χ0v) is 14.5. The predicted molar refractivity (Wildman–Crippen MR) is 92.6 cm³/mol. The van der Waals surface area contributed by atoms with Crippen LogP contribution in [0.25, 0.3) is 0 Å². The number of Topliss-reactive ketones (excluding diaryl/α,β-unsaturated/α-hetero) is 1. The lowest BCUT2D eigenvalue weighted by atomic mass is 9.96. The number of nitrogens with one attached hydrogen (secondary N) is 2. The van der Waals surface area contributed by atoms with Crippen molar-refractivity contribution >= 4 is 17.5 Å². The van der Waals surface area contributed by atoms with E-state index in [9.17, 15) is 9.59 Å². The molecule has 0 radical (unpaired) electrons. The van der Waals surface area contributed by atoms with Gasteiger partial charge < -0.3 is 10.3 Å². The Bertz CT molecular complexity index is 766. The normalized spacial score (nSPS) is 15.5. The fraction of sp³-hybridized carbons (Fsp3) is 0.500. The van der Waals surface area contributed by atoms with Crippen LogP contribution in [0.2, 0.25) is 0 Å². The number of carbonyl (C=O) groups excluding carboxylic acids is 2. The number of rotatable bonds is 4. The first-order chi connectivity index (χ1) is 11.5. The highest BCUT2D eigenvalue weighted by molar-refractivity contribution is 6.07. The molecule has 0 bridgehead atoms. The minimum absolute atomic E-state index is 0.0347. The number of ketones is 1. The summed E-state index contributed by atoms with van der Waals surface area (Å²) in [5.41, 5.74) is 2.46. The number of anilines is 1. The average Bonchev–Trinajstić information content (AvgIpc) is 3.12. The molecular formula is C18H24N4O2. The fourth-order valence-electron chi connectivity index (χ4n) is 3.71. The molecule has 2 aromatic rings. The molecule has 6 heteroatoms. The molecule has 1 saturated carbocycles. The molecule has 6 nitrogen and oxygen atoms in total. The van der Waals surface area contributed by atoms with E-state index in [-0.39, 0.29) is 11.7 Å². The van der Waals surface area contributed by atoms with Crippen molar-refractivity contribution in [2.45, 2.75) is 58.9 Å². The van der Waals surface area contributed by atoms with E-state index in [0.29, 0.717) is 28.7 Å². The lowest BCUT2D eigenvalue weighted by molar-refractivity contribution is 0.101. The molecular weight excluding hydrogens is 304 g/mol. The quantitative estimate of drug-likeness (QED) is 0.838. The van der Waals surface area contributed by atoms with Crippen molar-refractivity contribution in [1.29, 1.82) is 0 Å². The molecule has 0 unspecified atom stereocenters. The molecule has 0 atom stereocenters. The molecule has 128 valence electrons. The third kappa shape index (κ3) is 3.00. The Morgan fingerprint density at radius 2 is 1.96 bits per heavy atom. The molecule has 2 N–H and O–H groups in total. The number of aryl methyl sites for hydroxylation is 1. The highest BCUT2D eigenvalue weighted by Crippen LogP contribution is 2.30. The van der Waals surface area contributed by atoms with Gasteiger partial charge in [0.1, 0.15) is 11.5 Å². The Morgan fingerprint density at radius 3 is 2.58 bits per heavy atom. The first-order valence-electron chi connectivity index (χ1n) is 8.54. The fourth-order valence-corrected chi connectivity index (χ4v) is 3.71. The van der Waals surface area contributed by atoms with Crippen molar-refractivity contribution < 1.29 is 9.59 Å². The molecule has 0 saturated heterocycles. The van der Waals surface area contributed by atoms with Gasteiger partial charge in [0.25, 0.3) is 5.91 Å². The number of hydrogen-bond acceptors (Lipinski definition) is 3. The minimum atomic E-state index is -0.236. The molecule has 1 aliphatic rings. The molecule has 3 rings (SSSR count). The average molecular weight is 328 g/mol. The Hall–Kier alpha value is -2.37. The molecule has 0 aliphatic heterocycles. The van der Waals surface area contributed by atoms with Gasteiger partial charge in [0.15, 0.2) is 5.78 Å². The van der Waals surface area contributed by atoms with E-state index in [4.69, 9.17) is 0 Å². The second kappa shape index (κ2) is 6.63. The molecule has 2 aromatic heterocycles. The minimum Gasteiger partial charge on any atom is -0.354 e. The smallest absolute Gasteiger partial charge is 0.273 e. The molecule has 24 heavy (non-hydrogen) atoms. The molecule has 0 spiro atoms. The van der Waals surface area contributed by atoms with Gasteiger partial charge in [0.2, 0.25) is 0 Å². The number of aromatic amines is 1. The number of hydrogen-bond donors (Lipinski definition) is 2. The van der Waals surface area contributed by atoms with E-state index in [1.165, 1.54) is 26.2 Å². The summed E-state index contributed by atoms with van der Waals surface area (Å²) in [7, 11) is 0. The van der Waals surface area contributed by atoms with Gasteiger partial charge in [-0.1, -0.05) is 19.3 Å². The molecule has 1 fully saturated rings.